The Bertz CT molecular complexity index is 761. The smallest absolute Gasteiger partial charge is 0.228 e. The Morgan fingerprint density at radius 3 is 2.91 bits per heavy atom. The first-order valence-electron chi connectivity index (χ1n) is 6.96. The SMILES string of the molecule is CN(Cc1nc2ccccc2[nH]1)C(=O)Cc1csc(CN)n1. The Labute approximate surface area is 132 Å². The molecular weight excluding hydrogens is 298 g/mol. The minimum atomic E-state index is 0.00864. The molecule has 1 amide bonds. The van der Waals surface area contributed by atoms with E-state index >= 15 is 0 Å². The number of rotatable bonds is 5. The van der Waals surface area contributed by atoms with Crippen molar-refractivity contribution in [2.75, 3.05) is 7.05 Å². The number of nitrogens with zero attached hydrogens (tertiary/aromatic N) is 3. The summed E-state index contributed by atoms with van der Waals surface area (Å²) in [5, 5.41) is 2.73. The van der Waals surface area contributed by atoms with Gasteiger partial charge in [-0.05, 0) is 12.1 Å². The van der Waals surface area contributed by atoms with Crippen LogP contribution >= 0.6 is 11.3 Å². The van der Waals surface area contributed by atoms with E-state index in [9.17, 15) is 4.79 Å². The van der Waals surface area contributed by atoms with Gasteiger partial charge in [0.05, 0.1) is 29.7 Å². The normalized spacial score (nSPS) is 11.0. The van der Waals surface area contributed by atoms with Gasteiger partial charge in [-0.25, -0.2) is 9.97 Å². The van der Waals surface area contributed by atoms with Gasteiger partial charge in [0.15, 0.2) is 0 Å². The lowest BCUT2D eigenvalue weighted by atomic mass is 10.3. The Morgan fingerprint density at radius 2 is 2.18 bits per heavy atom. The Balaban J connectivity index is 1.65. The van der Waals surface area contributed by atoms with Crippen LogP contribution in [-0.2, 0) is 24.3 Å². The van der Waals surface area contributed by atoms with Gasteiger partial charge in [-0.1, -0.05) is 12.1 Å². The summed E-state index contributed by atoms with van der Waals surface area (Å²) >= 11 is 1.48. The molecule has 0 radical (unpaired) electrons. The molecule has 3 aromatic rings. The van der Waals surface area contributed by atoms with Crippen LogP contribution in [0.25, 0.3) is 11.0 Å². The lowest BCUT2D eigenvalue weighted by molar-refractivity contribution is -0.129. The fraction of sp³-hybridized carbons (Fsp3) is 0.267. The van der Waals surface area contributed by atoms with Gasteiger partial charge in [-0.15, -0.1) is 11.3 Å². The molecule has 1 aromatic carbocycles. The van der Waals surface area contributed by atoms with E-state index in [4.69, 9.17) is 5.73 Å². The van der Waals surface area contributed by atoms with Crippen molar-refractivity contribution < 1.29 is 4.79 Å². The predicted octanol–water partition coefficient (Wildman–Crippen LogP) is 1.68. The van der Waals surface area contributed by atoms with Crippen LogP contribution in [0.2, 0.25) is 0 Å². The highest BCUT2D eigenvalue weighted by molar-refractivity contribution is 7.09. The molecule has 0 unspecified atom stereocenters. The average Bonchev–Trinajstić information content (AvgIpc) is 3.12. The number of para-hydroxylation sites is 2. The van der Waals surface area contributed by atoms with Crippen LogP contribution < -0.4 is 5.73 Å². The molecule has 6 nitrogen and oxygen atoms in total. The number of imidazole rings is 1. The molecule has 7 heteroatoms. The van der Waals surface area contributed by atoms with E-state index in [2.05, 4.69) is 15.0 Å². The van der Waals surface area contributed by atoms with Crippen LogP contribution in [0.4, 0.5) is 0 Å². The van der Waals surface area contributed by atoms with Crippen LogP contribution in [0.15, 0.2) is 29.6 Å². The Kier molecular flexibility index (Phi) is 4.17. The summed E-state index contributed by atoms with van der Waals surface area (Å²) in [5.74, 6) is 0.785. The fourth-order valence-electron chi connectivity index (χ4n) is 2.21. The van der Waals surface area contributed by atoms with Crippen LogP contribution in [0.3, 0.4) is 0 Å². The zero-order valence-corrected chi connectivity index (χ0v) is 13.1. The zero-order chi connectivity index (χ0) is 15.5. The second kappa shape index (κ2) is 6.25. The number of aromatic nitrogens is 3. The third-order valence-electron chi connectivity index (χ3n) is 3.36. The molecular formula is C15H17N5OS. The molecule has 2 aromatic heterocycles. The fourth-order valence-corrected chi connectivity index (χ4v) is 2.88. The molecule has 114 valence electrons. The summed E-state index contributed by atoms with van der Waals surface area (Å²) in [6, 6.07) is 7.81. The zero-order valence-electron chi connectivity index (χ0n) is 12.2. The summed E-state index contributed by atoms with van der Waals surface area (Å²) in [4.78, 5) is 25.9. The van der Waals surface area contributed by atoms with E-state index in [1.807, 2.05) is 29.6 Å². The number of benzene rings is 1. The highest BCUT2D eigenvalue weighted by atomic mass is 32.1. The van der Waals surface area contributed by atoms with Crippen LogP contribution in [0.5, 0.6) is 0 Å². The van der Waals surface area contributed by atoms with Crippen molar-refractivity contribution in [3.8, 4) is 0 Å². The first-order valence-corrected chi connectivity index (χ1v) is 7.84. The summed E-state index contributed by atoms with van der Waals surface area (Å²) in [6.07, 6.45) is 0.285. The first kappa shape index (κ1) is 14.7. The average molecular weight is 315 g/mol. The van der Waals surface area contributed by atoms with Crippen molar-refractivity contribution >= 4 is 28.3 Å². The van der Waals surface area contributed by atoms with Crippen LogP contribution in [-0.4, -0.2) is 32.8 Å². The minimum Gasteiger partial charge on any atom is -0.340 e. The number of nitrogens with two attached hydrogens (primary N) is 1. The first-order chi connectivity index (χ1) is 10.7. The monoisotopic (exact) mass is 315 g/mol. The van der Waals surface area contributed by atoms with E-state index in [1.54, 1.807) is 11.9 Å². The maximum Gasteiger partial charge on any atom is 0.228 e. The Hall–Kier alpha value is -2.25. The summed E-state index contributed by atoms with van der Waals surface area (Å²) in [7, 11) is 1.77. The molecule has 0 saturated heterocycles. The second-order valence-electron chi connectivity index (χ2n) is 5.06. The third-order valence-corrected chi connectivity index (χ3v) is 4.28. The van der Waals surface area contributed by atoms with Gasteiger partial charge in [0.2, 0.25) is 5.91 Å². The maximum absolute atomic E-state index is 12.2. The molecule has 0 fully saturated rings. The standard InChI is InChI=1S/C15H17N5OS/c1-20(15(21)6-10-9-22-14(7-16)17-10)8-13-18-11-4-2-3-5-12(11)19-13/h2-5,9H,6-8,16H2,1H3,(H,18,19). The van der Waals surface area contributed by atoms with E-state index < -0.39 is 0 Å². The van der Waals surface area contributed by atoms with E-state index in [0.29, 0.717) is 13.1 Å². The molecule has 0 atom stereocenters. The van der Waals surface area contributed by atoms with Crippen LogP contribution in [0.1, 0.15) is 16.5 Å². The molecule has 22 heavy (non-hydrogen) atoms. The largest absolute Gasteiger partial charge is 0.340 e. The highest BCUT2D eigenvalue weighted by Crippen LogP contribution is 2.13. The van der Waals surface area contributed by atoms with E-state index in [1.165, 1.54) is 11.3 Å². The van der Waals surface area contributed by atoms with Crippen molar-refractivity contribution in [1.82, 2.24) is 19.9 Å². The summed E-state index contributed by atoms with van der Waals surface area (Å²) in [6.45, 7) is 0.856. The van der Waals surface area contributed by atoms with Crippen molar-refractivity contribution in [1.29, 1.82) is 0 Å². The van der Waals surface area contributed by atoms with Gasteiger partial charge in [0.1, 0.15) is 10.8 Å². The molecule has 0 bridgehead atoms. The van der Waals surface area contributed by atoms with E-state index in [0.717, 1.165) is 27.6 Å². The third kappa shape index (κ3) is 3.15. The van der Waals surface area contributed by atoms with Crippen molar-refractivity contribution in [2.45, 2.75) is 19.5 Å². The van der Waals surface area contributed by atoms with Gasteiger partial charge in [-0.3, -0.25) is 4.79 Å². The molecule has 0 saturated carbocycles. The molecule has 0 aliphatic carbocycles. The number of likely N-dealkylation sites (N-methyl/N-ethyl adjacent to an activating group) is 1. The highest BCUT2D eigenvalue weighted by Gasteiger charge is 2.14. The van der Waals surface area contributed by atoms with Gasteiger partial charge in [0.25, 0.3) is 0 Å². The number of H-pyrrole nitrogens is 1. The summed E-state index contributed by atoms with van der Waals surface area (Å²) in [5.41, 5.74) is 8.19. The van der Waals surface area contributed by atoms with Crippen molar-refractivity contribution in [3.63, 3.8) is 0 Å². The Morgan fingerprint density at radius 1 is 1.36 bits per heavy atom. The number of nitrogens with one attached hydrogen (secondary N) is 1. The number of hydrogen-bond acceptors (Lipinski definition) is 5. The summed E-state index contributed by atoms with van der Waals surface area (Å²) < 4.78 is 0. The molecule has 3 rings (SSSR count). The van der Waals surface area contributed by atoms with Crippen molar-refractivity contribution in [2.24, 2.45) is 5.73 Å². The molecule has 0 aliphatic heterocycles. The minimum absolute atomic E-state index is 0.00864. The van der Waals surface area contributed by atoms with E-state index in [-0.39, 0.29) is 12.3 Å². The maximum atomic E-state index is 12.2. The molecule has 2 heterocycles. The van der Waals surface area contributed by atoms with Crippen LogP contribution in [0, 0.1) is 0 Å². The van der Waals surface area contributed by atoms with Gasteiger partial charge < -0.3 is 15.6 Å². The molecule has 0 spiro atoms. The lowest BCUT2D eigenvalue weighted by Gasteiger charge is -2.14. The topological polar surface area (TPSA) is 87.9 Å². The number of carbonyl (C=O) groups is 1. The molecule has 3 N–H and O–H groups in total. The van der Waals surface area contributed by atoms with Gasteiger partial charge in [-0.2, -0.15) is 0 Å². The number of amides is 1. The predicted molar refractivity (Wildman–Crippen MR) is 86.3 cm³/mol. The van der Waals surface area contributed by atoms with Gasteiger partial charge in [0, 0.05) is 19.0 Å². The lowest BCUT2D eigenvalue weighted by Crippen LogP contribution is -2.28. The number of fused-ring (bicyclic) bond motifs is 1. The molecule has 0 aliphatic rings. The van der Waals surface area contributed by atoms with Crippen molar-refractivity contribution in [3.05, 3.63) is 46.2 Å². The number of thiazole rings is 1. The quantitative estimate of drug-likeness (QED) is 0.750. The van der Waals surface area contributed by atoms with Gasteiger partial charge >= 0.3 is 0 Å². The number of carbonyl (C=O) groups excluding carboxylic acids is 1. The second-order valence-corrected chi connectivity index (χ2v) is 6.01. The number of aromatic amines is 1. The number of hydrogen-bond donors (Lipinski definition) is 2.